The van der Waals surface area contributed by atoms with E-state index in [9.17, 15) is 0 Å². The first kappa shape index (κ1) is 9.96. The van der Waals surface area contributed by atoms with Crippen molar-refractivity contribution in [1.29, 1.82) is 0 Å². The van der Waals surface area contributed by atoms with Crippen LogP contribution in [0.4, 0.5) is 0 Å². The molecule has 0 amide bonds. The van der Waals surface area contributed by atoms with E-state index in [-0.39, 0.29) is 0 Å². The van der Waals surface area contributed by atoms with Crippen LogP contribution in [0.5, 0.6) is 0 Å². The average Bonchev–Trinajstić information content (AvgIpc) is 2.27. The Morgan fingerprint density at radius 3 is 2.38 bits per heavy atom. The summed E-state index contributed by atoms with van der Waals surface area (Å²) in [5, 5.41) is 0. The molecule has 0 unspecified atom stereocenters. The lowest BCUT2D eigenvalue weighted by molar-refractivity contribution is 0.489. The molecule has 0 aromatic heterocycles. The molecule has 0 spiro atoms. The lowest BCUT2D eigenvalue weighted by atomic mass is 10.1. The summed E-state index contributed by atoms with van der Waals surface area (Å²) < 4.78 is 0. The molecule has 3 nitrogen and oxygen atoms in total. The normalized spacial score (nSPS) is 16.8. The van der Waals surface area contributed by atoms with Gasteiger partial charge >= 0.3 is 0 Å². The summed E-state index contributed by atoms with van der Waals surface area (Å²) in [5.74, 6) is 1.50. The molecule has 0 aliphatic carbocycles. The van der Waals surface area contributed by atoms with Crippen LogP contribution in [-0.4, -0.2) is 23.1 Å². The van der Waals surface area contributed by atoms with Gasteiger partial charge in [-0.1, -0.05) is 13.8 Å². The van der Waals surface area contributed by atoms with Gasteiger partial charge in [-0.25, -0.2) is 9.98 Å². The Hall–Kier alpha value is -1.12. The molecular weight excluding hydrogens is 162 g/mol. The largest absolute Gasteiger partial charge is 0.318 e. The van der Waals surface area contributed by atoms with Crippen LogP contribution in [0.3, 0.4) is 0 Å². The highest BCUT2D eigenvalue weighted by molar-refractivity contribution is 5.94. The van der Waals surface area contributed by atoms with Gasteiger partial charge < -0.3 is 4.90 Å². The average molecular weight is 179 g/mol. The van der Waals surface area contributed by atoms with Crippen molar-refractivity contribution in [1.82, 2.24) is 4.90 Å². The highest BCUT2D eigenvalue weighted by Gasteiger charge is 2.16. The van der Waals surface area contributed by atoms with Crippen LogP contribution in [0, 0.1) is 5.92 Å². The second-order valence-corrected chi connectivity index (χ2v) is 3.71. The van der Waals surface area contributed by atoms with E-state index in [0.29, 0.717) is 12.0 Å². The minimum Gasteiger partial charge on any atom is -0.318 e. The zero-order valence-electron chi connectivity index (χ0n) is 8.73. The van der Waals surface area contributed by atoms with Crippen molar-refractivity contribution in [2.24, 2.45) is 15.9 Å². The standard InChI is InChI=1S/C10H17N3/c1-8(2)10-12-6-5-11-7-13(10)9(3)4/h5-9H,1-4H3. The molecule has 3 heteroatoms. The van der Waals surface area contributed by atoms with Crippen molar-refractivity contribution in [3.05, 3.63) is 12.4 Å². The Balaban J connectivity index is 2.91. The molecule has 1 rings (SSSR count). The summed E-state index contributed by atoms with van der Waals surface area (Å²) in [6, 6.07) is 0.407. The van der Waals surface area contributed by atoms with Gasteiger partial charge in [-0.2, -0.15) is 0 Å². The zero-order chi connectivity index (χ0) is 9.84. The number of aliphatic imine (C=N–C) groups is 2. The maximum absolute atomic E-state index is 4.36. The van der Waals surface area contributed by atoms with Gasteiger partial charge in [0.05, 0.1) is 6.34 Å². The molecule has 0 aromatic carbocycles. The van der Waals surface area contributed by atoms with Crippen LogP contribution < -0.4 is 0 Å². The third-order valence-electron chi connectivity index (χ3n) is 1.89. The summed E-state index contributed by atoms with van der Waals surface area (Å²) in [5.41, 5.74) is 0. The molecule has 1 aliphatic rings. The number of hydrogen-bond donors (Lipinski definition) is 0. The molecule has 1 aliphatic heterocycles. The maximum Gasteiger partial charge on any atom is 0.112 e. The smallest absolute Gasteiger partial charge is 0.112 e. The molecule has 0 radical (unpaired) electrons. The Morgan fingerprint density at radius 2 is 1.85 bits per heavy atom. The van der Waals surface area contributed by atoms with E-state index in [2.05, 4.69) is 42.6 Å². The minimum atomic E-state index is 0.407. The molecule has 0 bridgehead atoms. The molecule has 0 N–H and O–H groups in total. The molecule has 0 saturated heterocycles. The zero-order valence-corrected chi connectivity index (χ0v) is 8.73. The molecule has 0 fully saturated rings. The van der Waals surface area contributed by atoms with Gasteiger partial charge in [0.1, 0.15) is 5.84 Å². The number of amidine groups is 1. The maximum atomic E-state index is 4.36. The molecular formula is C10H17N3. The van der Waals surface area contributed by atoms with Crippen LogP contribution in [0.15, 0.2) is 22.4 Å². The van der Waals surface area contributed by atoms with Gasteiger partial charge in [0.25, 0.3) is 0 Å². The van der Waals surface area contributed by atoms with Gasteiger partial charge in [0.15, 0.2) is 0 Å². The van der Waals surface area contributed by atoms with E-state index in [1.807, 2.05) is 6.34 Å². The van der Waals surface area contributed by atoms with E-state index in [1.165, 1.54) is 0 Å². The molecule has 13 heavy (non-hydrogen) atoms. The highest BCUT2D eigenvalue weighted by Crippen LogP contribution is 2.08. The van der Waals surface area contributed by atoms with Gasteiger partial charge in [0.2, 0.25) is 0 Å². The van der Waals surface area contributed by atoms with Crippen molar-refractivity contribution in [2.75, 3.05) is 0 Å². The summed E-state index contributed by atoms with van der Waals surface area (Å²) >= 11 is 0. The predicted molar refractivity (Wildman–Crippen MR) is 56.9 cm³/mol. The van der Waals surface area contributed by atoms with Crippen molar-refractivity contribution in [2.45, 2.75) is 33.7 Å². The summed E-state index contributed by atoms with van der Waals surface area (Å²) in [7, 11) is 0. The predicted octanol–water partition coefficient (Wildman–Crippen LogP) is 2.26. The van der Waals surface area contributed by atoms with Crippen molar-refractivity contribution in [3.8, 4) is 0 Å². The Labute approximate surface area is 79.9 Å². The first-order chi connectivity index (χ1) is 6.13. The van der Waals surface area contributed by atoms with Crippen molar-refractivity contribution < 1.29 is 0 Å². The minimum absolute atomic E-state index is 0.407. The topological polar surface area (TPSA) is 28.0 Å². The molecule has 0 aromatic rings. The van der Waals surface area contributed by atoms with Crippen LogP contribution >= 0.6 is 0 Å². The van der Waals surface area contributed by atoms with E-state index in [4.69, 9.17) is 0 Å². The monoisotopic (exact) mass is 179 g/mol. The van der Waals surface area contributed by atoms with Gasteiger partial charge in [0, 0.05) is 24.4 Å². The Bertz CT molecular complexity index is 249. The third-order valence-corrected chi connectivity index (χ3v) is 1.89. The molecule has 72 valence electrons. The number of hydrogen-bond acceptors (Lipinski definition) is 3. The fourth-order valence-electron chi connectivity index (χ4n) is 1.23. The van der Waals surface area contributed by atoms with E-state index in [1.54, 1.807) is 12.4 Å². The Kier molecular flexibility index (Phi) is 3.23. The van der Waals surface area contributed by atoms with E-state index < -0.39 is 0 Å². The van der Waals surface area contributed by atoms with Crippen molar-refractivity contribution in [3.63, 3.8) is 0 Å². The molecule has 1 heterocycles. The van der Waals surface area contributed by atoms with Gasteiger partial charge in [-0.05, 0) is 13.8 Å². The quantitative estimate of drug-likeness (QED) is 0.639. The van der Waals surface area contributed by atoms with Crippen LogP contribution in [0.1, 0.15) is 27.7 Å². The number of rotatable bonds is 2. The first-order valence-electron chi connectivity index (χ1n) is 4.67. The first-order valence-corrected chi connectivity index (χ1v) is 4.67. The second kappa shape index (κ2) is 4.21. The second-order valence-electron chi connectivity index (χ2n) is 3.71. The van der Waals surface area contributed by atoms with Crippen LogP contribution in [0.2, 0.25) is 0 Å². The Morgan fingerprint density at radius 1 is 1.15 bits per heavy atom. The van der Waals surface area contributed by atoms with Gasteiger partial charge in [-0.3, -0.25) is 0 Å². The summed E-state index contributed by atoms with van der Waals surface area (Å²) in [6.07, 6.45) is 5.30. The van der Waals surface area contributed by atoms with E-state index >= 15 is 0 Å². The van der Waals surface area contributed by atoms with Crippen LogP contribution in [-0.2, 0) is 0 Å². The molecule has 0 atom stereocenters. The van der Waals surface area contributed by atoms with Gasteiger partial charge in [-0.15, -0.1) is 0 Å². The number of nitrogens with zero attached hydrogens (tertiary/aromatic N) is 3. The summed E-state index contributed by atoms with van der Waals surface area (Å²) in [6.45, 7) is 8.55. The molecule has 0 saturated carbocycles. The van der Waals surface area contributed by atoms with E-state index in [0.717, 1.165) is 5.84 Å². The van der Waals surface area contributed by atoms with Crippen LogP contribution in [0.25, 0.3) is 0 Å². The lowest BCUT2D eigenvalue weighted by Gasteiger charge is -2.26. The SMILES string of the molecule is CC(C)C1=NC=CN=CN1C(C)C. The fraction of sp³-hybridized carbons (Fsp3) is 0.600. The fourth-order valence-corrected chi connectivity index (χ4v) is 1.23. The highest BCUT2D eigenvalue weighted by atomic mass is 15.2. The lowest BCUT2D eigenvalue weighted by Crippen LogP contribution is -2.38. The van der Waals surface area contributed by atoms with Crippen molar-refractivity contribution >= 4 is 12.2 Å². The summed E-state index contributed by atoms with van der Waals surface area (Å²) in [4.78, 5) is 10.6. The third kappa shape index (κ3) is 2.41.